The van der Waals surface area contributed by atoms with Gasteiger partial charge < -0.3 is 10.2 Å². The summed E-state index contributed by atoms with van der Waals surface area (Å²) in [6, 6.07) is 10.8. The SMILES string of the molecule is CC[C@@H](C(=O)NCC(C)C)N(Cc1ccc(Cl)c(Cl)c1)C(=O)Cc1cc(C)ccc1C. The van der Waals surface area contributed by atoms with Crippen molar-refractivity contribution in [3.05, 3.63) is 68.7 Å². The second-order valence-electron chi connectivity index (χ2n) is 8.44. The third-order valence-corrected chi connectivity index (χ3v) is 5.99. The number of carbonyl (C=O) groups excluding carboxylic acids is 2. The fourth-order valence-electron chi connectivity index (χ4n) is 3.43. The highest BCUT2D eigenvalue weighted by Crippen LogP contribution is 2.24. The van der Waals surface area contributed by atoms with Gasteiger partial charge in [-0.3, -0.25) is 9.59 Å². The maximum atomic E-state index is 13.5. The minimum absolute atomic E-state index is 0.0914. The summed E-state index contributed by atoms with van der Waals surface area (Å²) in [5.74, 6) is 0.104. The van der Waals surface area contributed by atoms with Crippen LogP contribution in [0.4, 0.5) is 0 Å². The highest BCUT2D eigenvalue weighted by atomic mass is 35.5. The molecule has 1 atom stereocenters. The third kappa shape index (κ3) is 7.26. The molecule has 0 saturated carbocycles. The number of carbonyl (C=O) groups is 2. The van der Waals surface area contributed by atoms with E-state index in [1.165, 1.54) is 0 Å². The van der Waals surface area contributed by atoms with E-state index in [0.29, 0.717) is 28.9 Å². The summed E-state index contributed by atoms with van der Waals surface area (Å²) in [6.07, 6.45) is 0.757. The van der Waals surface area contributed by atoms with E-state index in [0.717, 1.165) is 22.3 Å². The Labute approximate surface area is 195 Å². The van der Waals surface area contributed by atoms with Crippen LogP contribution in [0.5, 0.6) is 0 Å². The zero-order valence-electron chi connectivity index (χ0n) is 19.0. The molecule has 0 aliphatic rings. The molecule has 0 aromatic heterocycles. The van der Waals surface area contributed by atoms with Crippen LogP contribution in [0.3, 0.4) is 0 Å². The molecule has 2 aromatic rings. The van der Waals surface area contributed by atoms with Crippen LogP contribution in [0, 0.1) is 19.8 Å². The number of hydrogen-bond acceptors (Lipinski definition) is 2. The molecular weight excluding hydrogens is 431 g/mol. The molecule has 0 fully saturated rings. The Hall–Kier alpha value is -2.04. The minimum atomic E-state index is -0.564. The molecule has 2 amide bonds. The van der Waals surface area contributed by atoms with E-state index in [9.17, 15) is 9.59 Å². The van der Waals surface area contributed by atoms with Crippen LogP contribution in [0.2, 0.25) is 10.0 Å². The number of rotatable bonds is 9. The van der Waals surface area contributed by atoms with Gasteiger partial charge in [0.05, 0.1) is 16.5 Å². The van der Waals surface area contributed by atoms with Gasteiger partial charge in [0.2, 0.25) is 11.8 Å². The number of nitrogens with zero attached hydrogens (tertiary/aromatic N) is 1. The zero-order chi connectivity index (χ0) is 23.1. The van der Waals surface area contributed by atoms with Crippen molar-refractivity contribution in [2.45, 2.75) is 60.0 Å². The Kier molecular flexibility index (Phi) is 9.39. The molecule has 0 aliphatic heterocycles. The van der Waals surface area contributed by atoms with Crippen molar-refractivity contribution >= 4 is 35.0 Å². The fourth-order valence-corrected chi connectivity index (χ4v) is 3.75. The Morgan fingerprint density at radius 3 is 2.35 bits per heavy atom. The molecule has 31 heavy (non-hydrogen) atoms. The molecule has 0 heterocycles. The number of halogens is 2. The summed E-state index contributed by atoms with van der Waals surface area (Å²) >= 11 is 12.2. The van der Waals surface area contributed by atoms with Gasteiger partial charge in [0, 0.05) is 13.1 Å². The Morgan fingerprint density at radius 1 is 1.03 bits per heavy atom. The standard InChI is InChI=1S/C25H32Cl2N2O2/c1-6-23(25(31)28-14-16(2)3)29(15-19-9-10-21(26)22(27)12-19)24(30)13-20-11-17(4)7-8-18(20)5/h7-12,16,23H,6,13-15H2,1-5H3,(H,28,31)/t23-/m0/s1. The first-order valence-electron chi connectivity index (χ1n) is 10.7. The molecule has 0 radical (unpaired) electrons. The molecule has 0 spiro atoms. The van der Waals surface area contributed by atoms with Gasteiger partial charge >= 0.3 is 0 Å². The second kappa shape index (κ2) is 11.5. The van der Waals surface area contributed by atoms with E-state index < -0.39 is 6.04 Å². The van der Waals surface area contributed by atoms with Crippen LogP contribution in [0.1, 0.15) is 49.4 Å². The quantitative estimate of drug-likeness (QED) is 0.516. The Balaban J connectivity index is 2.34. The highest BCUT2D eigenvalue weighted by molar-refractivity contribution is 6.42. The van der Waals surface area contributed by atoms with E-state index in [1.54, 1.807) is 17.0 Å². The molecule has 4 nitrogen and oxygen atoms in total. The van der Waals surface area contributed by atoms with Crippen LogP contribution in [0.25, 0.3) is 0 Å². The van der Waals surface area contributed by atoms with Gasteiger partial charge in [-0.1, -0.05) is 73.8 Å². The van der Waals surface area contributed by atoms with Crippen LogP contribution >= 0.6 is 23.2 Å². The first-order valence-corrected chi connectivity index (χ1v) is 11.4. The van der Waals surface area contributed by atoms with Crippen molar-refractivity contribution in [3.63, 3.8) is 0 Å². The summed E-state index contributed by atoms with van der Waals surface area (Å²) < 4.78 is 0. The van der Waals surface area contributed by atoms with Crippen molar-refractivity contribution in [1.82, 2.24) is 10.2 Å². The average molecular weight is 463 g/mol. The fraction of sp³-hybridized carbons (Fsp3) is 0.440. The van der Waals surface area contributed by atoms with E-state index >= 15 is 0 Å². The lowest BCUT2D eigenvalue weighted by molar-refractivity contribution is -0.141. The predicted molar refractivity (Wildman–Crippen MR) is 129 cm³/mol. The van der Waals surface area contributed by atoms with Gasteiger partial charge in [-0.25, -0.2) is 0 Å². The van der Waals surface area contributed by atoms with Gasteiger partial charge in [-0.2, -0.15) is 0 Å². The van der Waals surface area contributed by atoms with Crippen molar-refractivity contribution in [1.29, 1.82) is 0 Å². The average Bonchev–Trinajstić information content (AvgIpc) is 2.71. The van der Waals surface area contributed by atoms with Gasteiger partial charge in [-0.15, -0.1) is 0 Å². The molecule has 0 bridgehead atoms. The van der Waals surface area contributed by atoms with Crippen molar-refractivity contribution in [2.75, 3.05) is 6.54 Å². The van der Waals surface area contributed by atoms with Gasteiger partial charge in [-0.05, 0) is 55.0 Å². The highest BCUT2D eigenvalue weighted by Gasteiger charge is 2.29. The molecule has 6 heteroatoms. The largest absolute Gasteiger partial charge is 0.354 e. The van der Waals surface area contributed by atoms with Crippen LogP contribution in [-0.4, -0.2) is 29.3 Å². The lowest BCUT2D eigenvalue weighted by atomic mass is 10.0. The van der Waals surface area contributed by atoms with E-state index in [-0.39, 0.29) is 24.8 Å². The first kappa shape index (κ1) is 25.2. The number of amides is 2. The topological polar surface area (TPSA) is 49.4 Å². The minimum Gasteiger partial charge on any atom is -0.354 e. The van der Waals surface area contributed by atoms with Crippen LogP contribution in [0.15, 0.2) is 36.4 Å². The molecular formula is C25H32Cl2N2O2. The van der Waals surface area contributed by atoms with E-state index in [2.05, 4.69) is 5.32 Å². The van der Waals surface area contributed by atoms with Gasteiger partial charge in [0.1, 0.15) is 6.04 Å². The summed E-state index contributed by atoms with van der Waals surface area (Å²) in [6.45, 7) is 10.9. The molecule has 0 saturated heterocycles. The number of nitrogens with one attached hydrogen (secondary N) is 1. The maximum absolute atomic E-state index is 13.5. The number of hydrogen-bond donors (Lipinski definition) is 1. The Bertz CT molecular complexity index is 928. The summed E-state index contributed by atoms with van der Waals surface area (Å²) in [5.41, 5.74) is 3.97. The molecule has 168 valence electrons. The van der Waals surface area contributed by atoms with Gasteiger partial charge in [0.25, 0.3) is 0 Å². The first-order chi connectivity index (χ1) is 14.6. The smallest absolute Gasteiger partial charge is 0.242 e. The third-order valence-electron chi connectivity index (χ3n) is 5.25. The maximum Gasteiger partial charge on any atom is 0.242 e. The lowest BCUT2D eigenvalue weighted by Crippen LogP contribution is -2.50. The van der Waals surface area contributed by atoms with Crippen LogP contribution < -0.4 is 5.32 Å². The second-order valence-corrected chi connectivity index (χ2v) is 9.25. The molecule has 2 aromatic carbocycles. The normalized spacial score (nSPS) is 12.0. The van der Waals surface area contributed by atoms with E-state index in [4.69, 9.17) is 23.2 Å². The van der Waals surface area contributed by atoms with Crippen LogP contribution in [-0.2, 0) is 22.6 Å². The molecule has 2 rings (SSSR count). The lowest BCUT2D eigenvalue weighted by Gasteiger charge is -2.31. The van der Waals surface area contributed by atoms with Gasteiger partial charge in [0.15, 0.2) is 0 Å². The molecule has 1 N–H and O–H groups in total. The summed E-state index contributed by atoms with van der Waals surface area (Å²) in [7, 11) is 0. The zero-order valence-corrected chi connectivity index (χ0v) is 20.5. The predicted octanol–water partition coefficient (Wildman–Crippen LogP) is 5.73. The molecule has 0 aliphatic carbocycles. The van der Waals surface area contributed by atoms with E-state index in [1.807, 2.05) is 58.9 Å². The Morgan fingerprint density at radius 2 is 1.74 bits per heavy atom. The number of benzene rings is 2. The summed E-state index contributed by atoms with van der Waals surface area (Å²) in [4.78, 5) is 28.1. The van der Waals surface area contributed by atoms with Crippen molar-refractivity contribution < 1.29 is 9.59 Å². The summed E-state index contributed by atoms with van der Waals surface area (Å²) in [5, 5.41) is 3.87. The number of aryl methyl sites for hydroxylation is 2. The molecule has 0 unspecified atom stereocenters. The van der Waals surface area contributed by atoms with Crippen molar-refractivity contribution in [3.8, 4) is 0 Å². The monoisotopic (exact) mass is 462 g/mol. The van der Waals surface area contributed by atoms with Crippen molar-refractivity contribution in [2.24, 2.45) is 5.92 Å².